The molecule has 110 valence electrons. The van der Waals surface area contributed by atoms with Crippen LogP contribution in [0, 0.1) is 0 Å². The number of carbonyl (C=O) groups is 2. The zero-order valence-electron chi connectivity index (χ0n) is 11.5. The molecule has 0 fully saturated rings. The van der Waals surface area contributed by atoms with Crippen LogP contribution in [0.3, 0.4) is 0 Å². The highest BCUT2D eigenvalue weighted by Gasteiger charge is 2.32. The number of hydrazone groups is 1. The molecule has 1 aliphatic rings. The highest BCUT2D eigenvalue weighted by molar-refractivity contribution is 6.17. The van der Waals surface area contributed by atoms with Crippen molar-refractivity contribution in [3.05, 3.63) is 66.1 Å². The fraction of sp³-hybridized carbons (Fsp3) is 0.0625. The van der Waals surface area contributed by atoms with Gasteiger partial charge in [-0.05, 0) is 23.8 Å². The Morgan fingerprint density at radius 2 is 2.05 bits per heavy atom. The van der Waals surface area contributed by atoms with Gasteiger partial charge < -0.3 is 9.73 Å². The van der Waals surface area contributed by atoms with Crippen LogP contribution in [-0.2, 0) is 9.59 Å². The largest absolute Gasteiger partial charge is 0.465 e. The van der Waals surface area contributed by atoms with E-state index in [1.165, 1.54) is 18.4 Å². The molecule has 0 saturated heterocycles. The average Bonchev–Trinajstić information content (AvgIpc) is 3.16. The summed E-state index contributed by atoms with van der Waals surface area (Å²) in [5.41, 5.74) is 3.15. The number of amides is 2. The van der Waals surface area contributed by atoms with E-state index in [1.807, 2.05) is 30.3 Å². The first-order valence-electron chi connectivity index (χ1n) is 6.69. The molecule has 6 heteroatoms. The molecule has 0 aliphatic carbocycles. The summed E-state index contributed by atoms with van der Waals surface area (Å²) in [5.74, 6) is -0.408. The van der Waals surface area contributed by atoms with E-state index < -0.39 is 5.92 Å². The van der Waals surface area contributed by atoms with Gasteiger partial charge in [-0.2, -0.15) is 5.10 Å². The molecule has 6 nitrogen and oxygen atoms in total. The molecule has 0 bridgehead atoms. The third-order valence-electron chi connectivity index (χ3n) is 3.15. The summed E-state index contributed by atoms with van der Waals surface area (Å²) in [4.78, 5) is 23.8. The summed E-state index contributed by atoms with van der Waals surface area (Å²) >= 11 is 0. The molecule has 1 aromatic heterocycles. The molecule has 0 saturated carbocycles. The monoisotopic (exact) mass is 295 g/mol. The summed E-state index contributed by atoms with van der Waals surface area (Å²) in [6.45, 7) is 0. The number of nitrogens with zero attached hydrogens (tertiary/aromatic N) is 1. The van der Waals surface area contributed by atoms with Gasteiger partial charge in [-0.3, -0.25) is 9.59 Å². The number of rotatable bonds is 3. The van der Waals surface area contributed by atoms with Crippen molar-refractivity contribution in [1.29, 1.82) is 0 Å². The predicted molar refractivity (Wildman–Crippen MR) is 80.6 cm³/mol. The highest BCUT2D eigenvalue weighted by Crippen LogP contribution is 2.20. The Kier molecular flexibility index (Phi) is 3.82. The van der Waals surface area contributed by atoms with Crippen LogP contribution in [0.4, 0.5) is 0 Å². The van der Waals surface area contributed by atoms with Gasteiger partial charge in [-0.1, -0.05) is 30.3 Å². The van der Waals surface area contributed by atoms with E-state index in [9.17, 15) is 9.59 Å². The van der Waals surface area contributed by atoms with Crippen molar-refractivity contribution in [2.45, 2.75) is 5.92 Å². The lowest BCUT2D eigenvalue weighted by molar-refractivity contribution is -0.120. The summed E-state index contributed by atoms with van der Waals surface area (Å²) < 4.78 is 5.10. The number of hydrogen-bond acceptors (Lipinski definition) is 4. The molecule has 2 amide bonds. The average molecular weight is 295 g/mol. The quantitative estimate of drug-likeness (QED) is 0.844. The first kappa shape index (κ1) is 13.8. The molecule has 1 aliphatic heterocycles. The van der Waals surface area contributed by atoms with Gasteiger partial charge in [0.15, 0.2) is 0 Å². The molecule has 0 unspecified atom stereocenters. The van der Waals surface area contributed by atoms with Crippen molar-refractivity contribution in [1.82, 2.24) is 10.7 Å². The number of nitrogens with one attached hydrogen (secondary N) is 2. The van der Waals surface area contributed by atoms with Crippen molar-refractivity contribution in [2.75, 3.05) is 0 Å². The van der Waals surface area contributed by atoms with Gasteiger partial charge in [0.1, 0.15) is 17.5 Å². The smallest absolute Gasteiger partial charge is 0.255 e. The Labute approximate surface area is 126 Å². The third-order valence-corrected chi connectivity index (χ3v) is 3.15. The van der Waals surface area contributed by atoms with Gasteiger partial charge in [0.05, 0.1) is 6.26 Å². The Balaban J connectivity index is 1.71. The summed E-state index contributed by atoms with van der Waals surface area (Å²) in [6, 6.07) is 12.6. The number of hydrogen-bond donors (Lipinski definition) is 2. The van der Waals surface area contributed by atoms with Crippen molar-refractivity contribution < 1.29 is 14.0 Å². The SMILES string of the molecule is O=C(/C=C/c1ccco1)NC1=NNC(=O)[C@@H]1c1ccccc1. The second kappa shape index (κ2) is 6.09. The van der Waals surface area contributed by atoms with E-state index in [-0.39, 0.29) is 17.6 Å². The minimum atomic E-state index is -0.609. The number of benzene rings is 1. The van der Waals surface area contributed by atoms with Crippen molar-refractivity contribution >= 4 is 23.7 Å². The maximum Gasteiger partial charge on any atom is 0.255 e. The van der Waals surface area contributed by atoms with E-state index in [0.29, 0.717) is 5.76 Å². The number of carbonyl (C=O) groups excluding carboxylic acids is 2. The fourth-order valence-electron chi connectivity index (χ4n) is 2.14. The Morgan fingerprint density at radius 1 is 1.23 bits per heavy atom. The molecule has 3 rings (SSSR count). The van der Waals surface area contributed by atoms with Crippen LogP contribution in [0.2, 0.25) is 0 Å². The maximum absolute atomic E-state index is 11.9. The van der Waals surface area contributed by atoms with Crippen LogP contribution in [0.15, 0.2) is 64.3 Å². The van der Waals surface area contributed by atoms with Gasteiger partial charge in [0, 0.05) is 6.08 Å². The van der Waals surface area contributed by atoms with Gasteiger partial charge in [0.25, 0.3) is 5.91 Å². The zero-order valence-corrected chi connectivity index (χ0v) is 11.5. The summed E-state index contributed by atoms with van der Waals surface area (Å²) in [7, 11) is 0. The summed E-state index contributed by atoms with van der Waals surface area (Å²) in [6.07, 6.45) is 4.39. The standard InChI is InChI=1S/C16H13N3O3/c20-13(9-8-12-7-4-10-22-12)17-15-14(16(21)19-18-15)11-5-2-1-3-6-11/h1-10,14H,(H,19,21)(H,17,18,20)/b9-8+/t14-/m1/s1. The molecule has 2 N–H and O–H groups in total. The molecule has 2 heterocycles. The van der Waals surface area contributed by atoms with Gasteiger partial charge in [-0.15, -0.1) is 0 Å². The second-order valence-corrected chi connectivity index (χ2v) is 4.65. The fourth-order valence-corrected chi connectivity index (χ4v) is 2.14. The van der Waals surface area contributed by atoms with Crippen LogP contribution in [0.5, 0.6) is 0 Å². The maximum atomic E-state index is 11.9. The first-order chi connectivity index (χ1) is 10.7. The molecule has 1 atom stereocenters. The molecule has 0 spiro atoms. The topological polar surface area (TPSA) is 83.7 Å². The van der Waals surface area contributed by atoms with E-state index in [4.69, 9.17) is 4.42 Å². The Hall–Kier alpha value is -3.15. The van der Waals surface area contributed by atoms with Gasteiger partial charge in [0.2, 0.25) is 5.91 Å². The Morgan fingerprint density at radius 3 is 2.77 bits per heavy atom. The van der Waals surface area contributed by atoms with E-state index in [1.54, 1.807) is 12.1 Å². The van der Waals surface area contributed by atoms with Crippen LogP contribution in [0.1, 0.15) is 17.2 Å². The van der Waals surface area contributed by atoms with Crippen molar-refractivity contribution in [2.24, 2.45) is 5.10 Å². The minimum absolute atomic E-state index is 0.267. The molecular formula is C16H13N3O3. The van der Waals surface area contributed by atoms with Gasteiger partial charge in [-0.25, -0.2) is 5.43 Å². The molecule has 0 radical (unpaired) electrons. The predicted octanol–water partition coefficient (Wildman–Crippen LogP) is 1.64. The second-order valence-electron chi connectivity index (χ2n) is 4.65. The van der Waals surface area contributed by atoms with Crippen molar-refractivity contribution in [3.8, 4) is 0 Å². The lowest BCUT2D eigenvalue weighted by Crippen LogP contribution is -2.34. The van der Waals surface area contributed by atoms with Crippen molar-refractivity contribution in [3.63, 3.8) is 0 Å². The lowest BCUT2D eigenvalue weighted by Gasteiger charge is -2.10. The zero-order chi connectivity index (χ0) is 15.4. The number of furan rings is 1. The van der Waals surface area contributed by atoms with E-state index in [2.05, 4.69) is 15.8 Å². The molecule has 22 heavy (non-hydrogen) atoms. The molecule has 1 aromatic carbocycles. The normalized spacial score (nSPS) is 17.4. The van der Waals surface area contributed by atoms with Crippen LogP contribution in [0.25, 0.3) is 6.08 Å². The minimum Gasteiger partial charge on any atom is -0.465 e. The third kappa shape index (κ3) is 2.95. The van der Waals surface area contributed by atoms with Crippen LogP contribution in [-0.4, -0.2) is 17.6 Å². The Bertz CT molecular complexity index is 733. The van der Waals surface area contributed by atoms with Gasteiger partial charge >= 0.3 is 0 Å². The number of amidine groups is 1. The van der Waals surface area contributed by atoms with E-state index >= 15 is 0 Å². The first-order valence-corrected chi connectivity index (χ1v) is 6.69. The summed E-state index contributed by atoms with van der Waals surface area (Å²) in [5, 5.41) is 6.51. The molecular weight excluding hydrogens is 282 g/mol. The van der Waals surface area contributed by atoms with Crippen LogP contribution >= 0.6 is 0 Å². The van der Waals surface area contributed by atoms with E-state index in [0.717, 1.165) is 5.56 Å². The van der Waals surface area contributed by atoms with Crippen LogP contribution < -0.4 is 10.7 Å². The highest BCUT2D eigenvalue weighted by atomic mass is 16.3. The molecule has 2 aromatic rings. The lowest BCUT2D eigenvalue weighted by atomic mass is 9.98.